The van der Waals surface area contributed by atoms with Crippen molar-refractivity contribution < 1.29 is 4.74 Å². The molecule has 2 aliphatic rings. The van der Waals surface area contributed by atoms with Crippen molar-refractivity contribution in [3.8, 4) is 0 Å². The molecule has 17 heavy (non-hydrogen) atoms. The highest BCUT2D eigenvalue weighted by atomic mass is 16.5. The first-order valence-corrected chi connectivity index (χ1v) is 6.99. The van der Waals surface area contributed by atoms with Gasteiger partial charge in [0.15, 0.2) is 0 Å². The normalized spacial score (nSPS) is 30.4. The third-order valence-electron chi connectivity index (χ3n) is 4.51. The second-order valence-electron chi connectivity index (χ2n) is 8.21. The molecule has 1 atom stereocenters. The monoisotopic (exact) mass is 239 g/mol. The Hall–Kier alpha value is -0.0800. The minimum atomic E-state index is 0.265. The smallest absolute Gasteiger partial charge is 0.0557 e. The molecule has 100 valence electrons. The van der Waals surface area contributed by atoms with Gasteiger partial charge in [-0.15, -0.1) is 0 Å². The second kappa shape index (κ2) is 3.96. The SMILES string of the molecule is CC(C)(C)C1CCC2(COC2)CN1C(C)(C)C. The number of hydrogen-bond acceptors (Lipinski definition) is 2. The van der Waals surface area contributed by atoms with E-state index in [-0.39, 0.29) is 5.54 Å². The van der Waals surface area contributed by atoms with Gasteiger partial charge in [0, 0.05) is 23.5 Å². The Bertz CT molecular complexity index is 280. The molecule has 2 fully saturated rings. The first-order valence-electron chi connectivity index (χ1n) is 6.99. The summed E-state index contributed by atoms with van der Waals surface area (Å²) in [6, 6.07) is 0.703. The van der Waals surface area contributed by atoms with Crippen molar-refractivity contribution in [2.24, 2.45) is 10.8 Å². The van der Waals surface area contributed by atoms with E-state index in [1.165, 1.54) is 19.4 Å². The number of hydrogen-bond donors (Lipinski definition) is 0. The first kappa shape index (κ1) is 13.4. The Morgan fingerprint density at radius 2 is 1.65 bits per heavy atom. The highest BCUT2D eigenvalue weighted by Crippen LogP contribution is 2.45. The third-order valence-corrected chi connectivity index (χ3v) is 4.51. The molecule has 0 aromatic heterocycles. The van der Waals surface area contributed by atoms with Crippen LogP contribution in [0.2, 0.25) is 0 Å². The quantitative estimate of drug-likeness (QED) is 0.643. The van der Waals surface area contributed by atoms with E-state index in [1.807, 2.05) is 0 Å². The molecular formula is C15H29NO. The van der Waals surface area contributed by atoms with Crippen LogP contribution in [0.5, 0.6) is 0 Å². The lowest BCUT2D eigenvalue weighted by Gasteiger charge is -2.58. The van der Waals surface area contributed by atoms with Crippen LogP contribution >= 0.6 is 0 Å². The third kappa shape index (κ3) is 2.53. The van der Waals surface area contributed by atoms with Crippen molar-refractivity contribution in [2.75, 3.05) is 19.8 Å². The van der Waals surface area contributed by atoms with Crippen LogP contribution < -0.4 is 0 Å². The minimum absolute atomic E-state index is 0.265. The maximum Gasteiger partial charge on any atom is 0.0557 e. The highest BCUT2D eigenvalue weighted by Gasteiger charge is 2.49. The molecule has 2 rings (SSSR count). The second-order valence-corrected chi connectivity index (χ2v) is 8.21. The van der Waals surface area contributed by atoms with E-state index in [1.54, 1.807) is 0 Å². The van der Waals surface area contributed by atoms with Crippen LogP contribution in [0, 0.1) is 10.8 Å². The van der Waals surface area contributed by atoms with Crippen LogP contribution in [0.25, 0.3) is 0 Å². The van der Waals surface area contributed by atoms with Crippen LogP contribution in [-0.2, 0) is 4.74 Å². The molecule has 0 N–H and O–H groups in total. The molecule has 0 amide bonds. The minimum Gasteiger partial charge on any atom is -0.380 e. The molecule has 0 aromatic carbocycles. The van der Waals surface area contributed by atoms with Gasteiger partial charge in [-0.05, 0) is 39.0 Å². The lowest BCUT2D eigenvalue weighted by molar-refractivity contribution is -0.175. The van der Waals surface area contributed by atoms with Gasteiger partial charge in [-0.2, -0.15) is 0 Å². The van der Waals surface area contributed by atoms with Gasteiger partial charge in [-0.3, -0.25) is 4.90 Å². The number of piperidine rings is 1. The van der Waals surface area contributed by atoms with Gasteiger partial charge in [-0.25, -0.2) is 0 Å². The van der Waals surface area contributed by atoms with E-state index in [4.69, 9.17) is 4.74 Å². The fourth-order valence-corrected chi connectivity index (χ4v) is 3.38. The first-order chi connectivity index (χ1) is 7.64. The predicted octanol–water partition coefficient (Wildman–Crippen LogP) is 3.31. The Labute approximate surface area is 107 Å². The zero-order chi connectivity index (χ0) is 12.9. The van der Waals surface area contributed by atoms with Crippen molar-refractivity contribution in [1.29, 1.82) is 0 Å². The van der Waals surface area contributed by atoms with E-state index in [0.29, 0.717) is 16.9 Å². The Balaban J connectivity index is 2.18. The summed E-state index contributed by atoms with van der Waals surface area (Å²) in [5.74, 6) is 0. The fourth-order valence-electron chi connectivity index (χ4n) is 3.38. The number of nitrogens with zero attached hydrogens (tertiary/aromatic N) is 1. The van der Waals surface area contributed by atoms with E-state index < -0.39 is 0 Å². The summed E-state index contributed by atoms with van der Waals surface area (Å²) in [4.78, 5) is 2.74. The van der Waals surface area contributed by atoms with E-state index in [0.717, 1.165) is 13.2 Å². The topological polar surface area (TPSA) is 12.5 Å². The van der Waals surface area contributed by atoms with Gasteiger partial charge in [0.05, 0.1) is 13.2 Å². The van der Waals surface area contributed by atoms with Gasteiger partial charge in [0.1, 0.15) is 0 Å². The standard InChI is InChI=1S/C15H29NO/c1-13(2,3)12-7-8-15(10-17-11-15)9-16(12)14(4,5)6/h12H,7-11H2,1-6H3. The number of rotatable bonds is 0. The molecule has 2 heteroatoms. The molecule has 0 bridgehead atoms. The van der Waals surface area contributed by atoms with Gasteiger partial charge >= 0.3 is 0 Å². The summed E-state index contributed by atoms with van der Waals surface area (Å²) in [6.07, 6.45) is 2.67. The maximum atomic E-state index is 5.47. The van der Waals surface area contributed by atoms with Crippen LogP contribution in [0.3, 0.4) is 0 Å². The van der Waals surface area contributed by atoms with Crippen LogP contribution in [0.15, 0.2) is 0 Å². The zero-order valence-corrected chi connectivity index (χ0v) is 12.5. The zero-order valence-electron chi connectivity index (χ0n) is 12.5. The molecule has 2 nitrogen and oxygen atoms in total. The summed E-state index contributed by atoms with van der Waals surface area (Å²) in [5.41, 5.74) is 1.12. The number of ether oxygens (including phenoxy) is 1. The number of likely N-dealkylation sites (tertiary alicyclic amines) is 1. The maximum absolute atomic E-state index is 5.47. The molecule has 2 aliphatic heterocycles. The molecule has 0 aromatic rings. The summed E-state index contributed by atoms with van der Waals surface area (Å²) < 4.78 is 5.47. The molecule has 2 heterocycles. The lowest BCUT2D eigenvalue weighted by Crippen LogP contribution is -2.64. The van der Waals surface area contributed by atoms with Crippen LogP contribution in [-0.4, -0.2) is 36.2 Å². The van der Waals surface area contributed by atoms with Crippen molar-refractivity contribution in [3.63, 3.8) is 0 Å². The van der Waals surface area contributed by atoms with E-state index in [9.17, 15) is 0 Å². The lowest BCUT2D eigenvalue weighted by atomic mass is 9.69. The molecule has 1 unspecified atom stereocenters. The van der Waals surface area contributed by atoms with Gasteiger partial charge in [-0.1, -0.05) is 20.8 Å². The summed E-state index contributed by atoms with van der Waals surface area (Å²) in [5, 5.41) is 0. The Morgan fingerprint density at radius 1 is 1.06 bits per heavy atom. The largest absolute Gasteiger partial charge is 0.380 e. The van der Waals surface area contributed by atoms with E-state index >= 15 is 0 Å². The van der Waals surface area contributed by atoms with Crippen molar-refractivity contribution in [3.05, 3.63) is 0 Å². The summed E-state index contributed by atoms with van der Waals surface area (Å²) in [7, 11) is 0. The van der Waals surface area contributed by atoms with Crippen LogP contribution in [0.1, 0.15) is 54.4 Å². The van der Waals surface area contributed by atoms with Gasteiger partial charge in [0.2, 0.25) is 0 Å². The molecule has 2 saturated heterocycles. The molecule has 0 saturated carbocycles. The average Bonchev–Trinajstić information content (AvgIpc) is 2.11. The molecule has 0 aliphatic carbocycles. The van der Waals surface area contributed by atoms with Crippen molar-refractivity contribution in [1.82, 2.24) is 4.90 Å². The molecule has 1 spiro atoms. The summed E-state index contributed by atoms with van der Waals surface area (Å²) >= 11 is 0. The summed E-state index contributed by atoms with van der Waals surface area (Å²) in [6.45, 7) is 17.4. The van der Waals surface area contributed by atoms with Gasteiger partial charge < -0.3 is 4.74 Å². The Morgan fingerprint density at radius 3 is 2.00 bits per heavy atom. The predicted molar refractivity (Wildman–Crippen MR) is 72.2 cm³/mol. The van der Waals surface area contributed by atoms with Crippen molar-refractivity contribution in [2.45, 2.75) is 66.0 Å². The van der Waals surface area contributed by atoms with Gasteiger partial charge in [0.25, 0.3) is 0 Å². The van der Waals surface area contributed by atoms with Crippen LogP contribution in [0.4, 0.5) is 0 Å². The molecular weight excluding hydrogens is 210 g/mol. The van der Waals surface area contributed by atoms with E-state index in [2.05, 4.69) is 46.4 Å². The fraction of sp³-hybridized carbons (Fsp3) is 1.00. The van der Waals surface area contributed by atoms with Crippen molar-refractivity contribution >= 4 is 0 Å². The highest BCUT2D eigenvalue weighted by molar-refractivity contribution is 5.01. The molecule has 0 radical (unpaired) electrons. The Kier molecular flexibility index (Phi) is 3.11. The average molecular weight is 239 g/mol.